The van der Waals surface area contributed by atoms with Crippen molar-refractivity contribution in [1.29, 1.82) is 0 Å². The molecule has 12 heavy (non-hydrogen) atoms. The van der Waals surface area contributed by atoms with Gasteiger partial charge in [-0.25, -0.2) is 0 Å². The molecule has 0 heterocycles. The van der Waals surface area contributed by atoms with Crippen molar-refractivity contribution in [3.8, 4) is 0 Å². The zero-order chi connectivity index (χ0) is 9.19. The van der Waals surface area contributed by atoms with Crippen LogP contribution in [0.3, 0.4) is 0 Å². The molecule has 0 fully saturated rings. The van der Waals surface area contributed by atoms with E-state index in [-0.39, 0.29) is 5.41 Å². The van der Waals surface area contributed by atoms with Crippen LogP contribution >= 0.6 is 0 Å². The summed E-state index contributed by atoms with van der Waals surface area (Å²) in [6, 6.07) is 7.83. The molecule has 1 aromatic rings. The van der Waals surface area contributed by atoms with E-state index in [1.165, 1.54) is 5.56 Å². The predicted octanol–water partition coefficient (Wildman–Crippen LogP) is 1.66. The molecule has 0 aliphatic rings. The summed E-state index contributed by atoms with van der Waals surface area (Å²) in [5.41, 5.74) is 1.24. The maximum absolute atomic E-state index is 12.7. The molecule has 0 spiro atoms. The molecule has 0 aromatic heterocycles. The van der Waals surface area contributed by atoms with Gasteiger partial charge in [0.1, 0.15) is 0 Å². The summed E-state index contributed by atoms with van der Waals surface area (Å²) in [6.07, 6.45) is 0. The maximum Gasteiger partial charge on any atom is 0.247 e. The normalized spacial score (nSPS) is 12.7. The van der Waals surface area contributed by atoms with Crippen molar-refractivity contribution in [2.24, 2.45) is 0 Å². The number of benzene rings is 1. The van der Waals surface area contributed by atoms with Crippen LogP contribution in [-0.2, 0) is 5.41 Å². The van der Waals surface area contributed by atoms with E-state index in [0.29, 0.717) is 0 Å². The molecule has 0 unspecified atom stereocenters. The molecular formula is C10H15FSi. The standard InChI is InChI=1S/C10H15FSi/c1-10(2,3)8-6-4-5-7-9(8)12-11/h4-7H,12H2,1-3H3. The highest BCUT2D eigenvalue weighted by Crippen LogP contribution is 2.19. The van der Waals surface area contributed by atoms with Crippen molar-refractivity contribution in [2.75, 3.05) is 0 Å². The summed E-state index contributed by atoms with van der Waals surface area (Å²) in [7, 11) is -1.52. The summed E-state index contributed by atoms with van der Waals surface area (Å²) in [5.74, 6) is 0. The van der Waals surface area contributed by atoms with Crippen LogP contribution in [0.2, 0.25) is 0 Å². The zero-order valence-electron chi connectivity index (χ0n) is 7.89. The van der Waals surface area contributed by atoms with Crippen LogP contribution in [-0.4, -0.2) is 9.85 Å². The molecule has 1 aromatic carbocycles. The number of rotatable bonds is 1. The first-order valence-corrected chi connectivity index (χ1v) is 5.44. The summed E-state index contributed by atoms with van der Waals surface area (Å²) >= 11 is 0. The lowest BCUT2D eigenvalue weighted by atomic mass is 9.87. The Labute approximate surface area is 75.8 Å². The Morgan fingerprint density at radius 2 is 1.75 bits per heavy atom. The number of hydrogen-bond donors (Lipinski definition) is 0. The molecule has 0 nitrogen and oxygen atoms in total. The van der Waals surface area contributed by atoms with Crippen molar-refractivity contribution in [3.05, 3.63) is 29.8 Å². The molecule has 66 valence electrons. The minimum Gasteiger partial charge on any atom is -0.317 e. The van der Waals surface area contributed by atoms with E-state index in [1.807, 2.05) is 24.3 Å². The fraction of sp³-hybridized carbons (Fsp3) is 0.400. The van der Waals surface area contributed by atoms with Crippen LogP contribution in [0.4, 0.5) is 4.11 Å². The molecule has 0 amide bonds. The molecule has 0 bridgehead atoms. The largest absolute Gasteiger partial charge is 0.317 e. The van der Waals surface area contributed by atoms with Gasteiger partial charge < -0.3 is 4.11 Å². The Bertz CT molecular complexity index is 263. The van der Waals surface area contributed by atoms with E-state index in [1.54, 1.807) is 0 Å². The molecule has 1 rings (SSSR count). The van der Waals surface area contributed by atoms with Gasteiger partial charge in [-0.2, -0.15) is 0 Å². The van der Waals surface area contributed by atoms with Crippen LogP contribution in [0.25, 0.3) is 0 Å². The quantitative estimate of drug-likeness (QED) is 0.458. The fourth-order valence-corrected chi connectivity index (χ4v) is 2.39. The van der Waals surface area contributed by atoms with Crippen LogP contribution in [0, 0.1) is 0 Å². The topological polar surface area (TPSA) is 0 Å². The summed E-state index contributed by atoms with van der Waals surface area (Å²) in [6.45, 7) is 6.36. The van der Waals surface area contributed by atoms with Crippen LogP contribution < -0.4 is 5.19 Å². The Balaban J connectivity index is 3.14. The van der Waals surface area contributed by atoms with Gasteiger partial charge in [-0.05, 0) is 16.2 Å². The molecule has 0 N–H and O–H groups in total. The second-order valence-corrected chi connectivity index (χ2v) is 5.07. The minimum atomic E-state index is -1.52. The van der Waals surface area contributed by atoms with E-state index in [9.17, 15) is 4.11 Å². The molecular weight excluding hydrogens is 167 g/mol. The second kappa shape index (κ2) is 3.40. The Morgan fingerprint density at radius 3 is 2.17 bits per heavy atom. The monoisotopic (exact) mass is 182 g/mol. The van der Waals surface area contributed by atoms with Gasteiger partial charge in [0, 0.05) is 0 Å². The lowest BCUT2D eigenvalue weighted by molar-refractivity contribution is 0.593. The third-order valence-corrected chi connectivity index (χ3v) is 2.87. The van der Waals surface area contributed by atoms with E-state index in [0.717, 1.165) is 5.19 Å². The highest BCUT2D eigenvalue weighted by Gasteiger charge is 2.16. The average Bonchev–Trinajstić information content (AvgIpc) is 2.03. The Kier molecular flexibility index (Phi) is 2.68. The lowest BCUT2D eigenvalue weighted by Gasteiger charge is -2.21. The molecule has 0 aliphatic heterocycles. The predicted molar refractivity (Wildman–Crippen MR) is 54.4 cm³/mol. The third kappa shape index (κ3) is 1.94. The van der Waals surface area contributed by atoms with Crippen LogP contribution in [0.5, 0.6) is 0 Å². The first-order chi connectivity index (χ1) is 5.55. The highest BCUT2D eigenvalue weighted by atomic mass is 28.3. The van der Waals surface area contributed by atoms with Gasteiger partial charge >= 0.3 is 0 Å². The first-order valence-electron chi connectivity index (χ1n) is 4.20. The van der Waals surface area contributed by atoms with Gasteiger partial charge in [0.25, 0.3) is 0 Å². The van der Waals surface area contributed by atoms with E-state index >= 15 is 0 Å². The van der Waals surface area contributed by atoms with Crippen molar-refractivity contribution in [2.45, 2.75) is 26.2 Å². The second-order valence-electron chi connectivity index (χ2n) is 4.04. The number of halogens is 1. The van der Waals surface area contributed by atoms with E-state index in [2.05, 4.69) is 20.8 Å². The summed E-state index contributed by atoms with van der Waals surface area (Å²) in [4.78, 5) is 0. The first kappa shape index (κ1) is 9.45. The van der Waals surface area contributed by atoms with Gasteiger partial charge in [0.15, 0.2) is 0 Å². The van der Waals surface area contributed by atoms with E-state index < -0.39 is 9.85 Å². The maximum atomic E-state index is 12.7. The SMILES string of the molecule is CC(C)(C)c1ccccc1[SiH2]F. The lowest BCUT2D eigenvalue weighted by Crippen LogP contribution is -2.25. The van der Waals surface area contributed by atoms with Crippen molar-refractivity contribution in [1.82, 2.24) is 0 Å². The van der Waals surface area contributed by atoms with E-state index in [4.69, 9.17) is 0 Å². The number of hydrogen-bond acceptors (Lipinski definition) is 0. The van der Waals surface area contributed by atoms with Crippen molar-refractivity contribution in [3.63, 3.8) is 0 Å². The zero-order valence-corrected chi connectivity index (χ0v) is 9.31. The molecule has 0 saturated heterocycles. The van der Waals surface area contributed by atoms with Crippen LogP contribution in [0.1, 0.15) is 26.3 Å². The summed E-state index contributed by atoms with van der Waals surface area (Å²) in [5, 5.41) is 0.949. The molecule has 2 heteroatoms. The minimum absolute atomic E-state index is 0.0791. The van der Waals surface area contributed by atoms with Gasteiger partial charge in [-0.3, -0.25) is 0 Å². The fourth-order valence-electron chi connectivity index (χ4n) is 1.37. The van der Waals surface area contributed by atoms with Gasteiger partial charge in [-0.15, -0.1) is 0 Å². The van der Waals surface area contributed by atoms with Gasteiger partial charge in [-0.1, -0.05) is 45.0 Å². The molecule has 0 atom stereocenters. The smallest absolute Gasteiger partial charge is 0.247 e. The molecule has 0 saturated carbocycles. The van der Waals surface area contributed by atoms with Gasteiger partial charge in [0.05, 0.1) is 0 Å². The molecule has 0 aliphatic carbocycles. The average molecular weight is 182 g/mol. The Hall–Kier alpha value is -0.633. The third-order valence-electron chi connectivity index (χ3n) is 1.97. The summed E-state index contributed by atoms with van der Waals surface area (Å²) < 4.78 is 12.7. The van der Waals surface area contributed by atoms with Gasteiger partial charge in [0.2, 0.25) is 9.85 Å². The van der Waals surface area contributed by atoms with Crippen molar-refractivity contribution >= 4 is 15.0 Å². The Morgan fingerprint density at radius 1 is 1.17 bits per heavy atom. The van der Waals surface area contributed by atoms with Crippen LogP contribution in [0.15, 0.2) is 24.3 Å². The van der Waals surface area contributed by atoms with Crippen molar-refractivity contribution < 1.29 is 4.11 Å². The molecule has 0 radical (unpaired) electrons. The highest BCUT2D eigenvalue weighted by molar-refractivity contribution is 6.47.